The molecule has 0 bridgehead atoms. The van der Waals surface area contributed by atoms with Crippen LogP contribution in [0.1, 0.15) is 17.5 Å². The third-order valence-corrected chi connectivity index (χ3v) is 3.25. The van der Waals surface area contributed by atoms with Gasteiger partial charge in [-0.3, -0.25) is 0 Å². The Morgan fingerprint density at radius 3 is 2.55 bits per heavy atom. The van der Waals surface area contributed by atoms with Gasteiger partial charge in [0.1, 0.15) is 11.3 Å². The molecule has 7 heteroatoms. The summed E-state index contributed by atoms with van der Waals surface area (Å²) in [4.78, 5) is 11.5. The van der Waals surface area contributed by atoms with Gasteiger partial charge in [0.25, 0.3) is 6.08 Å². The third-order valence-electron chi connectivity index (χ3n) is 3.25. The number of methoxy groups -OCH3 is 1. The molecule has 0 atom stereocenters. The van der Waals surface area contributed by atoms with Gasteiger partial charge < -0.3 is 9.47 Å². The summed E-state index contributed by atoms with van der Waals surface area (Å²) < 4.78 is 59.5. The van der Waals surface area contributed by atoms with Crippen LogP contribution in [0.15, 0.2) is 35.4 Å². The number of esters is 1. The maximum Gasteiger partial charge on any atom is 0.387 e. The van der Waals surface area contributed by atoms with Crippen LogP contribution in [-0.4, -0.2) is 19.7 Å². The summed E-state index contributed by atoms with van der Waals surface area (Å²) in [6, 6.07) is 4.55. The largest absolute Gasteiger partial charge is 0.465 e. The van der Waals surface area contributed by atoms with E-state index in [1.807, 2.05) is 0 Å². The number of halogens is 4. The van der Waals surface area contributed by atoms with Crippen molar-refractivity contribution in [3.63, 3.8) is 0 Å². The molecule has 0 saturated carbocycles. The van der Waals surface area contributed by atoms with Gasteiger partial charge >= 0.3 is 12.6 Å². The Hall–Kier alpha value is -2.31. The lowest BCUT2D eigenvalue weighted by Gasteiger charge is -2.19. The van der Waals surface area contributed by atoms with Gasteiger partial charge in [0.15, 0.2) is 0 Å². The Kier molecular flexibility index (Phi) is 4.85. The smallest absolute Gasteiger partial charge is 0.387 e. The quantitative estimate of drug-likeness (QED) is 0.479. The van der Waals surface area contributed by atoms with Gasteiger partial charge in [0.05, 0.1) is 7.11 Å². The minimum atomic E-state index is -3.03. The predicted molar refractivity (Wildman–Crippen MR) is 70.6 cm³/mol. The molecular weight excluding hydrogens is 304 g/mol. The van der Waals surface area contributed by atoms with Crippen LogP contribution < -0.4 is 4.74 Å². The van der Waals surface area contributed by atoms with Crippen molar-refractivity contribution < 1.29 is 31.8 Å². The molecule has 1 aliphatic rings. The summed E-state index contributed by atoms with van der Waals surface area (Å²) in [5.41, 5.74) is 0.154. The number of fused-ring (bicyclic) bond motifs is 1. The number of benzene rings is 1. The van der Waals surface area contributed by atoms with Gasteiger partial charge in [0, 0.05) is 5.56 Å². The van der Waals surface area contributed by atoms with Crippen molar-refractivity contribution in [1.29, 1.82) is 0 Å². The number of ether oxygens (including phenoxy) is 2. The lowest BCUT2D eigenvalue weighted by atomic mass is 9.88. The molecule has 0 saturated heterocycles. The van der Waals surface area contributed by atoms with E-state index in [1.165, 1.54) is 12.1 Å². The summed E-state index contributed by atoms with van der Waals surface area (Å²) in [6.07, 6.45) is -0.404. The van der Waals surface area contributed by atoms with Crippen LogP contribution >= 0.6 is 0 Å². The summed E-state index contributed by atoms with van der Waals surface area (Å²) in [5, 5.41) is 0. The number of hydrogen-bond donors (Lipinski definition) is 0. The summed E-state index contributed by atoms with van der Waals surface area (Å²) in [6.45, 7) is -3.03. The molecule has 118 valence electrons. The Bertz CT molecular complexity index is 646. The van der Waals surface area contributed by atoms with Crippen molar-refractivity contribution in [3.8, 4) is 5.75 Å². The Morgan fingerprint density at radius 2 is 1.95 bits per heavy atom. The van der Waals surface area contributed by atoms with E-state index in [4.69, 9.17) is 0 Å². The molecule has 0 aliphatic heterocycles. The van der Waals surface area contributed by atoms with Gasteiger partial charge in [-0.2, -0.15) is 17.6 Å². The normalized spacial score (nSPS) is 13.3. The summed E-state index contributed by atoms with van der Waals surface area (Å²) in [5.74, 6) is -1.28. The fourth-order valence-corrected chi connectivity index (χ4v) is 2.31. The van der Waals surface area contributed by atoms with Gasteiger partial charge in [-0.05, 0) is 36.1 Å². The molecule has 1 aliphatic carbocycles. The highest BCUT2D eigenvalue weighted by Crippen LogP contribution is 2.35. The van der Waals surface area contributed by atoms with Crippen LogP contribution in [0.3, 0.4) is 0 Å². The number of aryl methyl sites for hydroxylation is 1. The summed E-state index contributed by atoms with van der Waals surface area (Å²) in [7, 11) is 0.994. The van der Waals surface area contributed by atoms with Crippen molar-refractivity contribution in [1.82, 2.24) is 0 Å². The first-order valence-corrected chi connectivity index (χ1v) is 6.35. The highest BCUT2D eigenvalue weighted by atomic mass is 19.3. The van der Waals surface area contributed by atoms with Crippen LogP contribution in [0, 0.1) is 0 Å². The highest BCUT2D eigenvalue weighted by Gasteiger charge is 2.25. The molecule has 0 aromatic heterocycles. The van der Waals surface area contributed by atoms with E-state index >= 15 is 0 Å². The lowest BCUT2D eigenvalue weighted by Crippen LogP contribution is -2.12. The second-order valence-electron chi connectivity index (χ2n) is 4.50. The van der Waals surface area contributed by atoms with E-state index in [0.717, 1.165) is 7.11 Å². The van der Waals surface area contributed by atoms with Crippen molar-refractivity contribution in [3.05, 3.63) is 46.6 Å². The predicted octanol–water partition coefficient (Wildman–Crippen LogP) is 3.94. The molecular formula is C15H12F4O3. The van der Waals surface area contributed by atoms with Crippen LogP contribution in [0.25, 0.3) is 6.08 Å². The molecule has 0 N–H and O–H groups in total. The molecule has 1 aromatic carbocycles. The van der Waals surface area contributed by atoms with Crippen LogP contribution in [0.2, 0.25) is 0 Å². The van der Waals surface area contributed by atoms with Crippen LogP contribution in [-0.2, 0) is 16.0 Å². The molecule has 22 heavy (non-hydrogen) atoms. The molecule has 0 fully saturated rings. The molecule has 2 rings (SSSR count). The SMILES string of the molecule is COC(=O)C(C1=Cc2c(cccc2OC(F)F)CC1)=C(F)F. The van der Waals surface area contributed by atoms with Gasteiger partial charge in [-0.15, -0.1) is 0 Å². The molecule has 0 spiro atoms. The van der Waals surface area contributed by atoms with Crippen molar-refractivity contribution in [2.75, 3.05) is 7.11 Å². The maximum absolute atomic E-state index is 13.0. The Balaban J connectivity index is 2.50. The fraction of sp³-hybridized carbons (Fsp3) is 0.267. The number of rotatable bonds is 4. The van der Waals surface area contributed by atoms with E-state index < -0.39 is 24.2 Å². The van der Waals surface area contributed by atoms with Crippen LogP contribution in [0.4, 0.5) is 17.6 Å². The zero-order valence-corrected chi connectivity index (χ0v) is 11.5. The zero-order valence-electron chi connectivity index (χ0n) is 11.5. The van der Waals surface area contributed by atoms with Gasteiger partial charge in [0.2, 0.25) is 0 Å². The van der Waals surface area contributed by atoms with Gasteiger partial charge in [-0.1, -0.05) is 12.1 Å². The number of alkyl halides is 2. The zero-order chi connectivity index (χ0) is 16.3. The first kappa shape index (κ1) is 16.1. The standard InChI is InChI=1S/C15H12F4O3/c1-21-14(20)12(13(16)17)9-6-5-8-3-2-4-11(10(8)7-9)22-15(18)19/h2-4,7,15H,5-6H2,1H3. The average molecular weight is 316 g/mol. The molecule has 0 heterocycles. The number of hydrogen-bond acceptors (Lipinski definition) is 3. The topological polar surface area (TPSA) is 35.5 Å². The molecule has 1 aromatic rings. The van der Waals surface area contributed by atoms with E-state index in [0.29, 0.717) is 12.0 Å². The number of carbonyl (C=O) groups excluding carboxylic acids is 1. The molecule has 0 unspecified atom stereocenters. The van der Waals surface area contributed by atoms with E-state index in [9.17, 15) is 22.4 Å². The monoisotopic (exact) mass is 316 g/mol. The van der Waals surface area contributed by atoms with E-state index in [2.05, 4.69) is 9.47 Å². The summed E-state index contributed by atoms with van der Waals surface area (Å²) >= 11 is 0. The third kappa shape index (κ3) is 3.29. The number of carbonyl (C=O) groups is 1. The minimum absolute atomic E-state index is 0.0321. The average Bonchev–Trinajstić information content (AvgIpc) is 2.47. The van der Waals surface area contributed by atoms with Crippen molar-refractivity contribution >= 4 is 12.0 Å². The van der Waals surface area contributed by atoms with Crippen molar-refractivity contribution in [2.45, 2.75) is 19.5 Å². The fourth-order valence-electron chi connectivity index (χ4n) is 2.31. The first-order valence-electron chi connectivity index (χ1n) is 6.35. The highest BCUT2D eigenvalue weighted by molar-refractivity contribution is 5.96. The van der Waals surface area contributed by atoms with Crippen LogP contribution in [0.5, 0.6) is 5.75 Å². The Labute approximate surface area is 123 Å². The van der Waals surface area contributed by atoms with E-state index in [-0.39, 0.29) is 23.3 Å². The van der Waals surface area contributed by atoms with Gasteiger partial charge in [-0.25, -0.2) is 4.79 Å². The van der Waals surface area contributed by atoms with E-state index in [1.54, 1.807) is 12.1 Å². The first-order chi connectivity index (χ1) is 10.4. The Morgan fingerprint density at radius 1 is 1.23 bits per heavy atom. The second kappa shape index (κ2) is 6.64. The lowest BCUT2D eigenvalue weighted by molar-refractivity contribution is -0.136. The second-order valence-corrected chi connectivity index (χ2v) is 4.50. The molecule has 0 radical (unpaired) electrons. The maximum atomic E-state index is 13.0. The minimum Gasteiger partial charge on any atom is -0.465 e. The molecule has 3 nitrogen and oxygen atoms in total. The van der Waals surface area contributed by atoms with Crippen molar-refractivity contribution in [2.24, 2.45) is 0 Å². The molecule has 0 amide bonds.